The Balaban J connectivity index is -0.000000366. The summed E-state index contributed by atoms with van der Waals surface area (Å²) in [5.41, 5.74) is 0. The standard InChI is InChI=1S/C7H10O6.Na.H3O4P.H/c8-5(9)2-1-4(7(12)13)3-6(10)11;;1-5(2,3)4;/h4H,1-3H2,(H,8,9)(H,10,11)(H,12,13);;(H3,1,2,3,4);. The van der Waals surface area contributed by atoms with Crippen LogP contribution < -0.4 is 0 Å². The fourth-order valence-corrected chi connectivity index (χ4v) is 0.821. The molecular formula is C7H14NaO10P. The molecule has 0 heterocycles. The van der Waals surface area contributed by atoms with Gasteiger partial charge >= 0.3 is 55.3 Å². The van der Waals surface area contributed by atoms with E-state index in [-0.39, 0.29) is 42.4 Å². The van der Waals surface area contributed by atoms with Gasteiger partial charge in [-0.3, -0.25) is 14.4 Å². The summed E-state index contributed by atoms with van der Waals surface area (Å²) >= 11 is 0. The van der Waals surface area contributed by atoms with Crippen molar-refractivity contribution < 1.29 is 48.9 Å². The average Bonchev–Trinajstić information content (AvgIpc) is 2.07. The van der Waals surface area contributed by atoms with E-state index in [0.717, 1.165) is 0 Å². The van der Waals surface area contributed by atoms with Gasteiger partial charge in [0, 0.05) is 6.42 Å². The summed E-state index contributed by atoms with van der Waals surface area (Å²) in [5.74, 6) is -4.76. The summed E-state index contributed by atoms with van der Waals surface area (Å²) < 4.78 is 8.88. The number of carboxylic acids is 3. The van der Waals surface area contributed by atoms with Gasteiger partial charge in [-0.05, 0) is 6.42 Å². The molecule has 0 aliphatic rings. The predicted octanol–water partition coefficient (Wildman–Crippen LogP) is -1.55. The molecule has 0 aliphatic carbocycles. The second kappa shape index (κ2) is 11.4. The molecule has 0 radical (unpaired) electrons. The number of aliphatic carboxylic acids is 3. The van der Waals surface area contributed by atoms with Crippen LogP contribution >= 0.6 is 7.82 Å². The van der Waals surface area contributed by atoms with Crippen molar-refractivity contribution in [3.63, 3.8) is 0 Å². The monoisotopic (exact) mass is 312 g/mol. The molecule has 19 heavy (non-hydrogen) atoms. The normalized spacial score (nSPS) is 11.3. The Kier molecular flexibility index (Phi) is 14.1. The Morgan fingerprint density at radius 3 is 1.53 bits per heavy atom. The second-order valence-corrected chi connectivity index (χ2v) is 4.11. The van der Waals surface area contributed by atoms with E-state index in [2.05, 4.69) is 0 Å². The molecule has 0 fully saturated rings. The van der Waals surface area contributed by atoms with Crippen molar-refractivity contribution in [2.24, 2.45) is 5.92 Å². The molecule has 0 aromatic heterocycles. The molecule has 1 atom stereocenters. The molecular weight excluding hydrogens is 298 g/mol. The molecule has 1 unspecified atom stereocenters. The van der Waals surface area contributed by atoms with Crippen LogP contribution in [0.2, 0.25) is 0 Å². The Labute approximate surface area is 129 Å². The van der Waals surface area contributed by atoms with E-state index >= 15 is 0 Å². The Bertz CT molecular complexity index is 342. The quantitative estimate of drug-likeness (QED) is 0.247. The molecule has 12 heteroatoms. The van der Waals surface area contributed by atoms with Crippen molar-refractivity contribution in [1.82, 2.24) is 0 Å². The Morgan fingerprint density at radius 1 is 0.947 bits per heavy atom. The fraction of sp³-hybridized carbons (Fsp3) is 0.571. The van der Waals surface area contributed by atoms with Crippen molar-refractivity contribution in [2.75, 3.05) is 0 Å². The first kappa shape index (κ1) is 23.6. The molecule has 108 valence electrons. The van der Waals surface area contributed by atoms with Crippen LogP contribution in [0.4, 0.5) is 0 Å². The van der Waals surface area contributed by atoms with Crippen LogP contribution in [0.25, 0.3) is 0 Å². The van der Waals surface area contributed by atoms with E-state index in [9.17, 15) is 14.4 Å². The van der Waals surface area contributed by atoms with Crippen molar-refractivity contribution in [3.05, 3.63) is 0 Å². The first-order chi connectivity index (χ1) is 7.93. The molecule has 0 bridgehead atoms. The fourth-order valence-electron chi connectivity index (χ4n) is 0.821. The molecule has 0 rings (SSSR count). The van der Waals surface area contributed by atoms with Gasteiger partial charge in [0.1, 0.15) is 0 Å². The summed E-state index contributed by atoms with van der Waals surface area (Å²) in [5, 5.41) is 25.0. The van der Waals surface area contributed by atoms with E-state index in [1.165, 1.54) is 0 Å². The SMILES string of the molecule is O=C(O)CCC(CC(=O)O)C(=O)O.O=P(O)(O)O.[NaH]. The summed E-state index contributed by atoms with van der Waals surface area (Å²) in [6.45, 7) is 0. The van der Waals surface area contributed by atoms with E-state index in [0.29, 0.717) is 0 Å². The molecule has 0 saturated carbocycles. The number of carbonyl (C=O) groups is 3. The van der Waals surface area contributed by atoms with Gasteiger partial charge in [0.2, 0.25) is 0 Å². The summed E-state index contributed by atoms with van der Waals surface area (Å²) in [6.07, 6.45) is -1.02. The zero-order chi connectivity index (χ0) is 14.9. The zero-order valence-electron chi connectivity index (χ0n) is 8.96. The molecule has 6 N–H and O–H groups in total. The topological polar surface area (TPSA) is 190 Å². The van der Waals surface area contributed by atoms with Crippen molar-refractivity contribution in [3.8, 4) is 0 Å². The van der Waals surface area contributed by atoms with Crippen LogP contribution in [-0.2, 0) is 18.9 Å². The summed E-state index contributed by atoms with van der Waals surface area (Å²) in [6, 6.07) is 0. The Hall–Kier alpha value is -0.480. The molecule has 0 amide bonds. The van der Waals surface area contributed by atoms with Crippen molar-refractivity contribution in [1.29, 1.82) is 0 Å². The minimum absolute atomic E-state index is 0. The van der Waals surface area contributed by atoms with Crippen LogP contribution in [0.3, 0.4) is 0 Å². The van der Waals surface area contributed by atoms with Gasteiger partial charge in [0.05, 0.1) is 12.3 Å². The predicted molar refractivity (Wildman–Crippen MR) is 61.7 cm³/mol. The van der Waals surface area contributed by atoms with E-state index in [1.807, 2.05) is 0 Å². The molecule has 10 nitrogen and oxygen atoms in total. The van der Waals surface area contributed by atoms with Crippen LogP contribution in [0.5, 0.6) is 0 Å². The van der Waals surface area contributed by atoms with Crippen molar-refractivity contribution in [2.45, 2.75) is 19.3 Å². The first-order valence-electron chi connectivity index (χ1n) is 4.38. The van der Waals surface area contributed by atoms with E-state index in [1.54, 1.807) is 0 Å². The molecule has 0 aliphatic heterocycles. The number of hydrogen-bond acceptors (Lipinski definition) is 4. The third-order valence-electron chi connectivity index (χ3n) is 1.48. The van der Waals surface area contributed by atoms with Gasteiger partial charge in [-0.2, -0.15) is 0 Å². The van der Waals surface area contributed by atoms with Gasteiger partial charge in [-0.15, -0.1) is 0 Å². The maximum atomic E-state index is 10.4. The summed E-state index contributed by atoms with van der Waals surface area (Å²) in [7, 11) is -4.64. The number of carboxylic acid groups (broad SMARTS) is 3. The van der Waals surface area contributed by atoms with Gasteiger partial charge in [0.15, 0.2) is 0 Å². The van der Waals surface area contributed by atoms with Crippen LogP contribution in [0.15, 0.2) is 0 Å². The van der Waals surface area contributed by atoms with Crippen LogP contribution in [-0.4, -0.2) is 77.5 Å². The van der Waals surface area contributed by atoms with E-state index < -0.39 is 38.1 Å². The van der Waals surface area contributed by atoms with Gasteiger partial charge in [-0.25, -0.2) is 4.57 Å². The zero-order valence-corrected chi connectivity index (χ0v) is 9.86. The molecule has 0 aromatic rings. The second-order valence-electron chi connectivity index (χ2n) is 3.08. The van der Waals surface area contributed by atoms with E-state index in [4.69, 9.17) is 34.6 Å². The molecule has 0 saturated heterocycles. The Morgan fingerprint density at radius 2 is 1.32 bits per heavy atom. The van der Waals surface area contributed by atoms with Crippen LogP contribution in [0, 0.1) is 5.92 Å². The first-order valence-corrected chi connectivity index (χ1v) is 5.94. The minimum atomic E-state index is -4.64. The third kappa shape index (κ3) is 26.9. The number of rotatable bonds is 6. The maximum absolute atomic E-state index is 10.4. The van der Waals surface area contributed by atoms with Gasteiger partial charge < -0.3 is 30.0 Å². The molecule has 0 aromatic carbocycles. The average molecular weight is 312 g/mol. The number of hydrogen-bond donors (Lipinski definition) is 6. The molecule has 0 spiro atoms. The van der Waals surface area contributed by atoms with Crippen molar-refractivity contribution >= 4 is 55.3 Å². The number of phosphoric acid groups is 1. The summed E-state index contributed by atoms with van der Waals surface area (Å²) in [4.78, 5) is 52.2. The third-order valence-corrected chi connectivity index (χ3v) is 1.48. The van der Waals surface area contributed by atoms with Crippen LogP contribution in [0.1, 0.15) is 19.3 Å². The van der Waals surface area contributed by atoms with Gasteiger partial charge in [0.25, 0.3) is 0 Å². The van der Waals surface area contributed by atoms with Gasteiger partial charge in [-0.1, -0.05) is 0 Å².